The minimum absolute atomic E-state index is 0.187. The van der Waals surface area contributed by atoms with E-state index in [0.717, 1.165) is 16.9 Å². The first-order valence-electron chi connectivity index (χ1n) is 10.9. The quantitative estimate of drug-likeness (QED) is 0.616. The summed E-state index contributed by atoms with van der Waals surface area (Å²) in [6.07, 6.45) is -0.944. The highest BCUT2D eigenvalue weighted by Crippen LogP contribution is 2.48. The predicted octanol–water partition coefficient (Wildman–Crippen LogP) is 3.26. The highest BCUT2D eigenvalue weighted by atomic mass is 32.2. The average molecular weight is 466 g/mol. The molecule has 2 aliphatic heterocycles. The van der Waals surface area contributed by atoms with E-state index in [1.807, 2.05) is 67.4 Å². The number of hydrogen-bond acceptors (Lipinski definition) is 6. The van der Waals surface area contributed by atoms with E-state index in [4.69, 9.17) is 4.74 Å². The molecule has 0 aromatic heterocycles. The molecular weight excluding hydrogens is 438 g/mol. The summed E-state index contributed by atoms with van der Waals surface area (Å²) in [7, 11) is -1.85. The molecule has 1 fully saturated rings. The normalized spacial score (nSPS) is 22.9. The number of nitrogens with zero attached hydrogens (tertiary/aromatic N) is 2. The van der Waals surface area contributed by atoms with Gasteiger partial charge < -0.3 is 19.6 Å². The van der Waals surface area contributed by atoms with Crippen LogP contribution in [0.3, 0.4) is 0 Å². The fourth-order valence-corrected chi connectivity index (χ4v) is 5.87. The number of fused-ring (bicyclic) bond motifs is 2. The third-order valence-corrected chi connectivity index (χ3v) is 7.76. The molecule has 7 nitrogen and oxygen atoms in total. The van der Waals surface area contributed by atoms with Crippen LogP contribution in [0.4, 0.5) is 11.4 Å². The molecule has 0 bridgehead atoms. The van der Waals surface area contributed by atoms with E-state index in [0.29, 0.717) is 24.6 Å². The van der Waals surface area contributed by atoms with E-state index in [1.54, 1.807) is 24.3 Å². The summed E-state index contributed by atoms with van der Waals surface area (Å²) in [6.45, 7) is 2.87. The second kappa shape index (κ2) is 8.46. The molecule has 2 heterocycles. The molecule has 8 heteroatoms. The van der Waals surface area contributed by atoms with Gasteiger partial charge in [0.2, 0.25) is 10.0 Å². The molecule has 3 aromatic carbocycles. The van der Waals surface area contributed by atoms with Gasteiger partial charge in [0.1, 0.15) is 0 Å². The SMILES string of the molecule is Cc1ccc(S(=O)(=O)N[C@H]2CN(C)C[C@@H](N3c4ccccc4Oc4ccccc43)[C@@H]2O)cc1. The number of aliphatic hydroxyl groups excluding tert-OH is 1. The first kappa shape index (κ1) is 21.9. The first-order chi connectivity index (χ1) is 15.8. The van der Waals surface area contributed by atoms with E-state index >= 15 is 0 Å². The number of anilines is 2. The maximum absolute atomic E-state index is 13.1. The van der Waals surface area contributed by atoms with Crippen LogP contribution < -0.4 is 14.4 Å². The monoisotopic (exact) mass is 465 g/mol. The van der Waals surface area contributed by atoms with Crippen LogP contribution in [0.5, 0.6) is 11.5 Å². The topological polar surface area (TPSA) is 82.1 Å². The Morgan fingerprint density at radius 2 is 1.48 bits per heavy atom. The lowest BCUT2D eigenvalue weighted by Gasteiger charge is -2.47. The van der Waals surface area contributed by atoms with Crippen molar-refractivity contribution in [3.05, 3.63) is 78.4 Å². The molecule has 1 saturated heterocycles. The zero-order valence-corrected chi connectivity index (χ0v) is 19.4. The minimum atomic E-state index is -3.79. The molecule has 0 aliphatic carbocycles. The van der Waals surface area contributed by atoms with Crippen LogP contribution in [0.2, 0.25) is 0 Å². The number of likely N-dealkylation sites (tertiary alicyclic amines) is 1. The molecule has 33 heavy (non-hydrogen) atoms. The number of benzene rings is 3. The number of aryl methyl sites for hydroxylation is 1. The third-order valence-electron chi connectivity index (χ3n) is 6.25. The smallest absolute Gasteiger partial charge is 0.240 e. The van der Waals surface area contributed by atoms with Gasteiger partial charge in [-0.1, -0.05) is 42.0 Å². The molecule has 0 amide bonds. The van der Waals surface area contributed by atoms with Crippen LogP contribution in [-0.2, 0) is 10.0 Å². The highest BCUT2D eigenvalue weighted by Gasteiger charge is 2.42. The maximum atomic E-state index is 13.1. The van der Waals surface area contributed by atoms with E-state index < -0.39 is 22.2 Å². The van der Waals surface area contributed by atoms with Gasteiger partial charge in [0.25, 0.3) is 0 Å². The largest absolute Gasteiger partial charge is 0.453 e. The molecule has 0 spiro atoms. The maximum Gasteiger partial charge on any atom is 0.240 e. The molecule has 172 valence electrons. The Kier molecular flexibility index (Phi) is 5.62. The molecule has 0 saturated carbocycles. The molecule has 5 rings (SSSR count). The van der Waals surface area contributed by atoms with Crippen LogP contribution >= 0.6 is 0 Å². The Labute approximate surface area is 194 Å². The van der Waals surface area contributed by atoms with Gasteiger partial charge in [-0.25, -0.2) is 13.1 Å². The van der Waals surface area contributed by atoms with Crippen LogP contribution in [0.1, 0.15) is 5.56 Å². The minimum Gasteiger partial charge on any atom is -0.453 e. The van der Waals surface area contributed by atoms with Crippen molar-refractivity contribution in [1.29, 1.82) is 0 Å². The van der Waals surface area contributed by atoms with Gasteiger partial charge >= 0.3 is 0 Å². The van der Waals surface area contributed by atoms with Gasteiger partial charge in [0, 0.05) is 13.1 Å². The summed E-state index contributed by atoms with van der Waals surface area (Å²) in [6, 6.07) is 21.0. The molecule has 3 aromatic rings. The molecule has 2 aliphatic rings. The van der Waals surface area contributed by atoms with Gasteiger partial charge in [-0.3, -0.25) is 0 Å². The van der Waals surface area contributed by atoms with E-state index in [-0.39, 0.29) is 10.9 Å². The van der Waals surface area contributed by atoms with Crippen LogP contribution in [0, 0.1) is 6.92 Å². The lowest BCUT2D eigenvalue weighted by atomic mass is 9.95. The Hall–Kier alpha value is -2.91. The Morgan fingerprint density at radius 3 is 2.09 bits per heavy atom. The summed E-state index contributed by atoms with van der Waals surface area (Å²) >= 11 is 0. The second-order valence-electron chi connectivity index (χ2n) is 8.73. The zero-order chi connectivity index (χ0) is 23.2. The van der Waals surface area contributed by atoms with E-state index in [9.17, 15) is 13.5 Å². The summed E-state index contributed by atoms with van der Waals surface area (Å²) in [4.78, 5) is 4.30. The molecular formula is C25H27N3O4S. The second-order valence-corrected chi connectivity index (χ2v) is 10.4. The summed E-state index contributed by atoms with van der Waals surface area (Å²) in [5, 5.41) is 11.5. The van der Waals surface area contributed by atoms with E-state index in [2.05, 4.69) is 9.62 Å². The van der Waals surface area contributed by atoms with Crippen molar-refractivity contribution in [2.24, 2.45) is 0 Å². The van der Waals surface area contributed by atoms with Crippen molar-refractivity contribution in [3.63, 3.8) is 0 Å². The molecule has 2 N–H and O–H groups in total. The molecule has 3 atom stereocenters. The van der Waals surface area contributed by atoms with E-state index in [1.165, 1.54) is 0 Å². The van der Waals surface area contributed by atoms with Crippen molar-refractivity contribution < 1.29 is 18.3 Å². The number of piperidine rings is 1. The van der Waals surface area contributed by atoms with Crippen LogP contribution in [0.15, 0.2) is 77.7 Å². The summed E-state index contributed by atoms with van der Waals surface area (Å²) in [5.74, 6) is 1.40. The van der Waals surface area contributed by atoms with Crippen LogP contribution in [-0.4, -0.2) is 56.7 Å². The predicted molar refractivity (Wildman–Crippen MR) is 128 cm³/mol. The lowest BCUT2D eigenvalue weighted by molar-refractivity contribution is 0.0474. The number of likely N-dealkylation sites (N-methyl/N-ethyl adjacent to an activating group) is 1. The van der Waals surface area contributed by atoms with Gasteiger partial charge in [-0.2, -0.15) is 0 Å². The van der Waals surface area contributed by atoms with Crippen molar-refractivity contribution in [2.45, 2.75) is 30.0 Å². The van der Waals surface area contributed by atoms with Gasteiger partial charge in [0.15, 0.2) is 11.5 Å². The number of nitrogens with one attached hydrogen (secondary N) is 1. The van der Waals surface area contributed by atoms with Crippen molar-refractivity contribution in [3.8, 4) is 11.5 Å². The Balaban J connectivity index is 1.49. The van der Waals surface area contributed by atoms with Crippen molar-refractivity contribution in [1.82, 2.24) is 9.62 Å². The van der Waals surface area contributed by atoms with Crippen molar-refractivity contribution >= 4 is 21.4 Å². The number of hydrogen-bond donors (Lipinski definition) is 2. The van der Waals surface area contributed by atoms with Crippen molar-refractivity contribution in [2.75, 3.05) is 25.0 Å². The number of aliphatic hydroxyl groups is 1. The first-order valence-corrected chi connectivity index (χ1v) is 12.4. The number of sulfonamides is 1. The Morgan fingerprint density at radius 1 is 0.909 bits per heavy atom. The Bertz CT molecular complexity index is 1220. The highest BCUT2D eigenvalue weighted by molar-refractivity contribution is 7.89. The summed E-state index contributed by atoms with van der Waals surface area (Å²) in [5.41, 5.74) is 2.67. The number of rotatable bonds is 4. The lowest BCUT2D eigenvalue weighted by Crippen LogP contribution is -2.64. The zero-order valence-electron chi connectivity index (χ0n) is 18.5. The fourth-order valence-electron chi connectivity index (χ4n) is 4.63. The van der Waals surface area contributed by atoms with Gasteiger partial charge in [-0.15, -0.1) is 0 Å². The molecule has 0 radical (unpaired) electrons. The molecule has 0 unspecified atom stereocenters. The number of para-hydroxylation sites is 4. The summed E-state index contributed by atoms with van der Waals surface area (Å²) < 4.78 is 35.0. The van der Waals surface area contributed by atoms with Crippen LogP contribution in [0.25, 0.3) is 0 Å². The number of ether oxygens (including phenoxy) is 1. The average Bonchev–Trinajstić information content (AvgIpc) is 2.80. The third kappa shape index (κ3) is 4.11. The standard InChI is InChI=1S/C25H27N3O4S/c1-17-11-13-18(14-12-17)33(30,31)26-19-15-27(2)16-22(25(19)29)28-20-7-3-5-9-23(20)32-24-10-6-4-8-21(24)28/h3-14,19,22,25-26,29H,15-16H2,1-2H3/t19-,22+,25+/m0/s1. The fraction of sp³-hybridized carbons (Fsp3) is 0.280. The van der Waals surface area contributed by atoms with Gasteiger partial charge in [0.05, 0.1) is 34.5 Å². The van der Waals surface area contributed by atoms with Gasteiger partial charge in [-0.05, 0) is 50.4 Å².